The van der Waals surface area contributed by atoms with Crippen LogP contribution >= 0.6 is 0 Å². The molecule has 1 aliphatic heterocycles. The maximum atomic E-state index is 12.5. The van der Waals surface area contributed by atoms with E-state index in [1.807, 2.05) is 27.7 Å². The Morgan fingerprint density at radius 3 is 2.55 bits per heavy atom. The standard InChI is InChI=1S/C14H21N3O3/c1-9-10(8-15-17(9)14(2,3)4)12(18)16-7-5-6-11(16)13(19)20/h8,11H,5-7H2,1-4H3,(H,19,20). The molecule has 1 fully saturated rings. The molecular formula is C14H21N3O3. The van der Waals surface area contributed by atoms with Gasteiger partial charge in [-0.05, 0) is 40.5 Å². The number of carbonyl (C=O) groups excluding carboxylic acids is 1. The third-order valence-electron chi connectivity index (χ3n) is 3.67. The zero-order valence-corrected chi connectivity index (χ0v) is 12.4. The van der Waals surface area contributed by atoms with Gasteiger partial charge in [0.1, 0.15) is 6.04 Å². The van der Waals surface area contributed by atoms with Gasteiger partial charge in [-0.15, -0.1) is 0 Å². The number of hydrogen-bond donors (Lipinski definition) is 1. The van der Waals surface area contributed by atoms with E-state index in [2.05, 4.69) is 5.10 Å². The number of hydrogen-bond acceptors (Lipinski definition) is 3. The third-order valence-corrected chi connectivity index (χ3v) is 3.67. The number of aliphatic carboxylic acids is 1. The molecule has 6 nitrogen and oxygen atoms in total. The Kier molecular flexibility index (Phi) is 3.58. The molecule has 1 aromatic heterocycles. The lowest BCUT2D eigenvalue weighted by Crippen LogP contribution is -2.40. The molecule has 1 N–H and O–H groups in total. The fourth-order valence-electron chi connectivity index (χ4n) is 2.72. The second-order valence-electron chi connectivity index (χ2n) is 6.22. The summed E-state index contributed by atoms with van der Waals surface area (Å²) in [5.41, 5.74) is 1.06. The van der Waals surface area contributed by atoms with E-state index in [4.69, 9.17) is 5.11 Å². The van der Waals surface area contributed by atoms with Crippen molar-refractivity contribution in [3.63, 3.8) is 0 Å². The van der Waals surface area contributed by atoms with Gasteiger partial charge in [0.05, 0.1) is 17.3 Å². The number of rotatable bonds is 2. The van der Waals surface area contributed by atoms with Crippen molar-refractivity contribution in [1.29, 1.82) is 0 Å². The van der Waals surface area contributed by atoms with Crippen LogP contribution in [0.25, 0.3) is 0 Å². The summed E-state index contributed by atoms with van der Waals surface area (Å²) < 4.78 is 1.80. The zero-order chi connectivity index (χ0) is 15.1. The lowest BCUT2D eigenvalue weighted by atomic mass is 10.1. The molecule has 1 aromatic rings. The molecule has 1 amide bonds. The van der Waals surface area contributed by atoms with Crippen molar-refractivity contribution in [3.05, 3.63) is 17.5 Å². The maximum Gasteiger partial charge on any atom is 0.326 e. The fraction of sp³-hybridized carbons (Fsp3) is 0.643. The largest absolute Gasteiger partial charge is 0.480 e. The first-order valence-electron chi connectivity index (χ1n) is 6.82. The maximum absolute atomic E-state index is 12.5. The molecule has 1 atom stereocenters. The van der Waals surface area contributed by atoms with Gasteiger partial charge < -0.3 is 10.0 Å². The van der Waals surface area contributed by atoms with E-state index in [1.165, 1.54) is 4.90 Å². The first kappa shape index (κ1) is 14.6. The number of aromatic nitrogens is 2. The van der Waals surface area contributed by atoms with Gasteiger partial charge in [0.15, 0.2) is 0 Å². The summed E-state index contributed by atoms with van der Waals surface area (Å²) in [5.74, 6) is -1.17. The van der Waals surface area contributed by atoms with Crippen LogP contribution in [-0.2, 0) is 10.3 Å². The quantitative estimate of drug-likeness (QED) is 0.893. The predicted molar refractivity (Wildman–Crippen MR) is 73.7 cm³/mol. The molecule has 2 heterocycles. The minimum Gasteiger partial charge on any atom is -0.480 e. The molecule has 2 rings (SSSR count). The lowest BCUT2D eigenvalue weighted by Gasteiger charge is -2.23. The van der Waals surface area contributed by atoms with Gasteiger partial charge in [0, 0.05) is 12.2 Å². The van der Waals surface area contributed by atoms with Crippen LogP contribution in [0.15, 0.2) is 6.20 Å². The third kappa shape index (κ3) is 2.42. The van der Waals surface area contributed by atoms with Crippen LogP contribution in [0, 0.1) is 6.92 Å². The summed E-state index contributed by atoms with van der Waals surface area (Å²) >= 11 is 0. The van der Waals surface area contributed by atoms with Crippen LogP contribution in [0.3, 0.4) is 0 Å². The van der Waals surface area contributed by atoms with Gasteiger partial charge in [0.2, 0.25) is 0 Å². The number of nitrogens with zero attached hydrogens (tertiary/aromatic N) is 3. The van der Waals surface area contributed by atoms with E-state index in [9.17, 15) is 9.59 Å². The van der Waals surface area contributed by atoms with Crippen LogP contribution in [0.4, 0.5) is 0 Å². The molecule has 0 aliphatic carbocycles. The van der Waals surface area contributed by atoms with Crippen molar-refractivity contribution in [3.8, 4) is 0 Å². The van der Waals surface area contributed by atoms with Crippen LogP contribution in [0.1, 0.15) is 49.7 Å². The van der Waals surface area contributed by atoms with E-state index in [0.717, 1.165) is 12.1 Å². The van der Waals surface area contributed by atoms with Crippen molar-refractivity contribution < 1.29 is 14.7 Å². The average Bonchev–Trinajstić information content (AvgIpc) is 2.92. The fourth-order valence-corrected chi connectivity index (χ4v) is 2.72. The highest BCUT2D eigenvalue weighted by Crippen LogP contribution is 2.24. The second-order valence-corrected chi connectivity index (χ2v) is 6.22. The minimum atomic E-state index is -0.934. The molecule has 1 unspecified atom stereocenters. The van der Waals surface area contributed by atoms with Crippen LogP contribution in [0.5, 0.6) is 0 Å². The van der Waals surface area contributed by atoms with Crippen molar-refractivity contribution in [2.24, 2.45) is 0 Å². The van der Waals surface area contributed by atoms with E-state index in [0.29, 0.717) is 18.5 Å². The molecule has 0 radical (unpaired) electrons. The van der Waals surface area contributed by atoms with Crippen molar-refractivity contribution in [1.82, 2.24) is 14.7 Å². The Balaban J connectivity index is 2.31. The van der Waals surface area contributed by atoms with Gasteiger partial charge in [-0.2, -0.15) is 5.10 Å². The van der Waals surface area contributed by atoms with Gasteiger partial charge in [-0.25, -0.2) is 4.79 Å². The predicted octanol–water partition coefficient (Wildman–Crippen LogP) is 1.64. The lowest BCUT2D eigenvalue weighted by molar-refractivity contribution is -0.141. The summed E-state index contributed by atoms with van der Waals surface area (Å²) in [6, 6.07) is -0.708. The smallest absolute Gasteiger partial charge is 0.326 e. The van der Waals surface area contributed by atoms with E-state index in [1.54, 1.807) is 10.9 Å². The molecule has 1 aliphatic rings. The van der Waals surface area contributed by atoms with E-state index >= 15 is 0 Å². The first-order valence-corrected chi connectivity index (χ1v) is 6.82. The highest BCUT2D eigenvalue weighted by molar-refractivity contribution is 5.97. The van der Waals surface area contributed by atoms with Crippen molar-refractivity contribution in [2.75, 3.05) is 6.54 Å². The van der Waals surface area contributed by atoms with Gasteiger partial charge in [-0.3, -0.25) is 9.48 Å². The Labute approximate surface area is 118 Å². The number of carboxylic acids is 1. The van der Waals surface area contributed by atoms with Crippen molar-refractivity contribution >= 4 is 11.9 Å². The molecule has 0 spiro atoms. The number of amides is 1. The highest BCUT2D eigenvalue weighted by Gasteiger charge is 2.36. The SMILES string of the molecule is Cc1c(C(=O)N2CCCC2C(=O)O)cnn1C(C)(C)C. The monoisotopic (exact) mass is 279 g/mol. The average molecular weight is 279 g/mol. The van der Waals surface area contributed by atoms with Gasteiger partial charge >= 0.3 is 5.97 Å². The normalized spacial score (nSPS) is 19.4. The zero-order valence-electron chi connectivity index (χ0n) is 12.4. The van der Waals surface area contributed by atoms with Crippen molar-refractivity contribution in [2.45, 2.75) is 52.1 Å². The molecule has 0 saturated carbocycles. The Hall–Kier alpha value is -1.85. The molecule has 1 saturated heterocycles. The van der Waals surface area contributed by atoms with Crippen LogP contribution in [0.2, 0.25) is 0 Å². The van der Waals surface area contributed by atoms with Gasteiger partial charge in [-0.1, -0.05) is 0 Å². The molecule has 0 aromatic carbocycles. The van der Waals surface area contributed by atoms with E-state index in [-0.39, 0.29) is 11.4 Å². The second kappa shape index (κ2) is 4.92. The summed E-state index contributed by atoms with van der Waals surface area (Å²) in [6.07, 6.45) is 2.79. The molecule has 20 heavy (non-hydrogen) atoms. The minimum absolute atomic E-state index is 0.209. The molecule has 110 valence electrons. The Morgan fingerprint density at radius 1 is 1.40 bits per heavy atom. The topological polar surface area (TPSA) is 75.4 Å². The highest BCUT2D eigenvalue weighted by atomic mass is 16.4. The van der Waals surface area contributed by atoms with Crippen LogP contribution < -0.4 is 0 Å². The van der Waals surface area contributed by atoms with Crippen LogP contribution in [-0.4, -0.2) is 44.3 Å². The summed E-state index contributed by atoms with van der Waals surface area (Å²) in [6.45, 7) is 8.37. The molecule has 6 heteroatoms. The summed E-state index contributed by atoms with van der Waals surface area (Å²) in [5, 5.41) is 13.4. The number of carbonyl (C=O) groups is 2. The Morgan fingerprint density at radius 2 is 2.05 bits per heavy atom. The Bertz CT molecular complexity index is 542. The summed E-state index contributed by atoms with van der Waals surface area (Å²) in [4.78, 5) is 25.2. The molecular weight excluding hydrogens is 258 g/mol. The number of likely N-dealkylation sites (tertiary alicyclic amines) is 1. The number of carboxylic acid groups (broad SMARTS) is 1. The first-order chi connectivity index (χ1) is 9.23. The van der Waals surface area contributed by atoms with E-state index < -0.39 is 12.0 Å². The van der Waals surface area contributed by atoms with Gasteiger partial charge in [0.25, 0.3) is 5.91 Å². The summed E-state index contributed by atoms with van der Waals surface area (Å²) in [7, 11) is 0. The molecule has 0 bridgehead atoms.